The predicted octanol–water partition coefficient (Wildman–Crippen LogP) is 2.82. The summed E-state index contributed by atoms with van der Waals surface area (Å²) in [6, 6.07) is 1.94. The van der Waals surface area contributed by atoms with E-state index in [1.54, 1.807) is 0 Å². The van der Waals surface area contributed by atoms with E-state index >= 15 is 0 Å². The number of thioether (sulfide) groups is 1. The van der Waals surface area contributed by atoms with Gasteiger partial charge in [-0.25, -0.2) is 9.97 Å². The lowest BCUT2D eigenvalue weighted by Crippen LogP contribution is -2.36. The summed E-state index contributed by atoms with van der Waals surface area (Å²) in [4.78, 5) is 11.4. The van der Waals surface area contributed by atoms with Crippen LogP contribution in [-0.2, 0) is 0 Å². The Bertz CT molecular complexity index is 408. The maximum Gasteiger partial charge on any atom is 0.134 e. The van der Waals surface area contributed by atoms with E-state index in [2.05, 4.69) is 50.0 Å². The summed E-state index contributed by atoms with van der Waals surface area (Å²) in [5.41, 5.74) is 0. The van der Waals surface area contributed by atoms with E-state index in [9.17, 15) is 0 Å². The van der Waals surface area contributed by atoms with Gasteiger partial charge in [-0.2, -0.15) is 11.8 Å². The second-order valence-corrected chi connectivity index (χ2v) is 7.01. The average molecular weight is 345 g/mol. The smallest absolute Gasteiger partial charge is 0.134 e. The Kier molecular flexibility index (Phi) is 5.91. The van der Waals surface area contributed by atoms with Crippen LogP contribution in [0, 0.1) is 0 Å². The van der Waals surface area contributed by atoms with Crippen molar-refractivity contribution in [2.24, 2.45) is 0 Å². The zero-order chi connectivity index (χ0) is 13.7. The van der Waals surface area contributed by atoms with Gasteiger partial charge in [-0.15, -0.1) is 0 Å². The second-order valence-electron chi connectivity index (χ2n) is 4.97. The minimum Gasteiger partial charge on any atom is -0.369 e. The molecule has 0 unspecified atom stereocenters. The van der Waals surface area contributed by atoms with Gasteiger partial charge in [0.1, 0.15) is 16.2 Å². The van der Waals surface area contributed by atoms with Crippen molar-refractivity contribution in [1.29, 1.82) is 0 Å². The Balaban J connectivity index is 1.84. The molecule has 19 heavy (non-hydrogen) atoms. The molecule has 4 nitrogen and oxygen atoms in total. The normalized spacial score (nSPS) is 16.8. The van der Waals surface area contributed by atoms with Gasteiger partial charge in [-0.05, 0) is 15.9 Å². The number of nitrogens with zero attached hydrogens (tertiary/aromatic N) is 3. The molecule has 1 N–H and O–H groups in total. The molecule has 0 saturated carbocycles. The fourth-order valence-electron chi connectivity index (χ4n) is 1.95. The molecule has 106 valence electrons. The van der Waals surface area contributed by atoms with Crippen LogP contribution in [0.5, 0.6) is 0 Å². The lowest BCUT2D eigenvalue weighted by molar-refractivity contribution is 0.314. The minimum absolute atomic E-state index is 0.345. The van der Waals surface area contributed by atoms with Gasteiger partial charge in [-0.1, -0.05) is 13.8 Å². The van der Waals surface area contributed by atoms with E-state index in [1.807, 2.05) is 17.8 Å². The first kappa shape index (κ1) is 15.1. The quantitative estimate of drug-likeness (QED) is 0.831. The average Bonchev–Trinajstić information content (AvgIpc) is 2.39. The first-order valence-electron chi connectivity index (χ1n) is 6.73. The molecule has 0 aliphatic carbocycles. The summed E-state index contributed by atoms with van der Waals surface area (Å²) < 4.78 is 0.850. The van der Waals surface area contributed by atoms with Crippen LogP contribution in [0.2, 0.25) is 0 Å². The van der Waals surface area contributed by atoms with E-state index in [-0.39, 0.29) is 0 Å². The Hall–Kier alpha value is -0.330. The molecule has 2 rings (SSSR count). The van der Waals surface area contributed by atoms with Crippen LogP contribution in [-0.4, -0.2) is 52.6 Å². The monoisotopic (exact) mass is 344 g/mol. The highest BCUT2D eigenvalue weighted by Gasteiger charge is 2.10. The molecular weight excluding hydrogens is 324 g/mol. The third kappa shape index (κ3) is 4.93. The highest BCUT2D eigenvalue weighted by molar-refractivity contribution is 9.10. The summed E-state index contributed by atoms with van der Waals surface area (Å²) in [5, 5.41) is 3.40. The molecule has 0 radical (unpaired) electrons. The number of aromatic nitrogens is 2. The predicted molar refractivity (Wildman–Crippen MR) is 86.1 cm³/mol. The molecule has 1 aromatic rings. The number of halogens is 1. The van der Waals surface area contributed by atoms with Gasteiger partial charge in [-0.3, -0.25) is 4.90 Å². The summed E-state index contributed by atoms with van der Waals surface area (Å²) in [7, 11) is 0. The largest absolute Gasteiger partial charge is 0.369 e. The molecule has 1 aliphatic rings. The van der Waals surface area contributed by atoms with Crippen LogP contribution < -0.4 is 5.32 Å². The van der Waals surface area contributed by atoms with Gasteiger partial charge in [0.2, 0.25) is 0 Å². The summed E-state index contributed by atoms with van der Waals surface area (Å²) in [5.74, 6) is 4.66. The molecular formula is C13H21BrN4S. The van der Waals surface area contributed by atoms with Crippen molar-refractivity contribution in [2.45, 2.75) is 19.8 Å². The van der Waals surface area contributed by atoms with Crippen LogP contribution in [0.4, 0.5) is 5.82 Å². The lowest BCUT2D eigenvalue weighted by atomic mass is 10.2. The molecule has 2 heterocycles. The van der Waals surface area contributed by atoms with Crippen molar-refractivity contribution in [2.75, 3.05) is 43.0 Å². The molecule has 6 heteroatoms. The maximum atomic E-state index is 4.54. The van der Waals surface area contributed by atoms with E-state index in [4.69, 9.17) is 0 Å². The standard InChI is InChI=1S/C13H21BrN4S/c1-10(2)13-16-11(14)9-12(17-13)15-3-4-18-5-7-19-8-6-18/h9-10H,3-8H2,1-2H3,(H,15,16,17). The van der Waals surface area contributed by atoms with Gasteiger partial charge in [0, 0.05) is 49.7 Å². The van der Waals surface area contributed by atoms with E-state index in [1.165, 1.54) is 24.6 Å². The Morgan fingerprint density at radius 2 is 2.11 bits per heavy atom. The Labute approximate surface area is 127 Å². The molecule has 1 saturated heterocycles. The van der Waals surface area contributed by atoms with Gasteiger partial charge < -0.3 is 5.32 Å². The molecule has 1 aliphatic heterocycles. The lowest BCUT2D eigenvalue weighted by Gasteiger charge is -2.26. The van der Waals surface area contributed by atoms with Crippen molar-refractivity contribution in [3.05, 3.63) is 16.5 Å². The third-order valence-corrected chi connectivity index (χ3v) is 4.42. The number of anilines is 1. The number of hydrogen-bond donors (Lipinski definition) is 1. The molecule has 1 fully saturated rings. The molecule has 0 amide bonds. The van der Waals surface area contributed by atoms with E-state index in [0.717, 1.165) is 29.3 Å². The Morgan fingerprint density at radius 1 is 1.37 bits per heavy atom. The summed E-state index contributed by atoms with van der Waals surface area (Å²) in [6.45, 7) is 8.65. The maximum absolute atomic E-state index is 4.54. The van der Waals surface area contributed by atoms with Crippen LogP contribution in [0.3, 0.4) is 0 Å². The first-order chi connectivity index (χ1) is 9.15. The molecule has 0 bridgehead atoms. The van der Waals surface area contributed by atoms with Crippen molar-refractivity contribution in [1.82, 2.24) is 14.9 Å². The third-order valence-electron chi connectivity index (χ3n) is 3.07. The molecule has 0 atom stereocenters. The van der Waals surface area contributed by atoms with Crippen LogP contribution in [0.1, 0.15) is 25.6 Å². The fourth-order valence-corrected chi connectivity index (χ4v) is 3.33. The van der Waals surface area contributed by atoms with Crippen molar-refractivity contribution in [3.63, 3.8) is 0 Å². The zero-order valence-electron chi connectivity index (χ0n) is 11.5. The number of nitrogens with one attached hydrogen (secondary N) is 1. The van der Waals surface area contributed by atoms with Gasteiger partial charge >= 0.3 is 0 Å². The molecule has 1 aromatic heterocycles. The van der Waals surface area contributed by atoms with E-state index in [0.29, 0.717) is 5.92 Å². The highest BCUT2D eigenvalue weighted by Crippen LogP contribution is 2.17. The second kappa shape index (κ2) is 7.45. The van der Waals surface area contributed by atoms with E-state index < -0.39 is 0 Å². The van der Waals surface area contributed by atoms with Crippen LogP contribution in [0.25, 0.3) is 0 Å². The zero-order valence-corrected chi connectivity index (χ0v) is 13.9. The first-order valence-corrected chi connectivity index (χ1v) is 8.68. The number of hydrogen-bond acceptors (Lipinski definition) is 5. The minimum atomic E-state index is 0.345. The van der Waals surface area contributed by atoms with Gasteiger partial charge in [0.05, 0.1) is 0 Å². The summed E-state index contributed by atoms with van der Waals surface area (Å²) in [6.07, 6.45) is 0. The highest BCUT2D eigenvalue weighted by atomic mass is 79.9. The van der Waals surface area contributed by atoms with Gasteiger partial charge in [0.25, 0.3) is 0 Å². The van der Waals surface area contributed by atoms with Crippen molar-refractivity contribution in [3.8, 4) is 0 Å². The molecule has 0 aromatic carbocycles. The SMILES string of the molecule is CC(C)c1nc(Br)cc(NCCN2CCSCC2)n1. The Morgan fingerprint density at radius 3 is 2.79 bits per heavy atom. The van der Waals surface area contributed by atoms with Gasteiger partial charge in [0.15, 0.2) is 0 Å². The number of rotatable bonds is 5. The van der Waals surface area contributed by atoms with Crippen molar-refractivity contribution >= 4 is 33.5 Å². The van der Waals surface area contributed by atoms with Crippen molar-refractivity contribution < 1.29 is 0 Å². The fraction of sp³-hybridized carbons (Fsp3) is 0.692. The molecule has 0 spiro atoms. The van der Waals surface area contributed by atoms with Crippen LogP contribution >= 0.6 is 27.7 Å². The summed E-state index contributed by atoms with van der Waals surface area (Å²) >= 11 is 5.49. The topological polar surface area (TPSA) is 41.1 Å². The van der Waals surface area contributed by atoms with Crippen LogP contribution in [0.15, 0.2) is 10.7 Å².